The average molecular weight is 933 g/mol. The Hall–Kier alpha value is -3.16. The van der Waals surface area contributed by atoms with Gasteiger partial charge in [0.25, 0.3) is 0 Å². The SMILES string of the molecule is C=C(C)C(=O)OCC(C)(C)CC(C)C.C=C(C)C(=O)OCC(CCCCCC(C)(C)C)C(C)CC(C)(C)C.C=CC(=O)OC(C)(C)CC(C)(C)C.C=CC(=O)OCCC(C)CCC(C)(C)C. The standard InChI is InChI=1S/C22H42O2.C13H24O2.C12H22O2.C11H20O2/c1-17(2)20(23)24-16-19(18(3)15-22(7,8)9)13-11-10-12-14-21(4,5)6;1-6-12(14)15-10-8-11(2)7-9-13(3,4)5;1-9(2)7-12(5,6)8-14-11(13)10(3)4;1-7-9(12)13-11(5,6)8-10(2,3)4/h18-19H,1,10-16H2,2-9H3;6,11H,1,7-10H2,2-5H3;9H,3,7-8H2,1-2,4-6H3;7H,1,8H2,2-6H3. The molecule has 66 heavy (non-hydrogen) atoms. The van der Waals surface area contributed by atoms with Crippen LogP contribution in [0.15, 0.2) is 49.6 Å². The van der Waals surface area contributed by atoms with Crippen LogP contribution in [0.25, 0.3) is 0 Å². The second-order valence-corrected chi connectivity index (χ2v) is 25.6. The van der Waals surface area contributed by atoms with Crippen molar-refractivity contribution < 1.29 is 38.1 Å². The van der Waals surface area contributed by atoms with Crippen LogP contribution in [0.3, 0.4) is 0 Å². The summed E-state index contributed by atoms with van der Waals surface area (Å²) in [4.78, 5) is 44.6. The molecule has 0 rings (SSSR count). The molecule has 388 valence electrons. The molecule has 0 aromatic carbocycles. The highest BCUT2D eigenvalue weighted by Gasteiger charge is 2.28. The van der Waals surface area contributed by atoms with Crippen molar-refractivity contribution in [3.05, 3.63) is 49.6 Å². The van der Waals surface area contributed by atoms with Gasteiger partial charge in [0.05, 0.1) is 19.8 Å². The van der Waals surface area contributed by atoms with Gasteiger partial charge in [-0.25, -0.2) is 19.2 Å². The maximum Gasteiger partial charge on any atom is 0.333 e. The molecule has 3 atom stereocenters. The number of carbonyl (C=O) groups is 4. The molecule has 0 N–H and O–H groups in total. The van der Waals surface area contributed by atoms with Crippen LogP contribution in [-0.2, 0) is 38.1 Å². The van der Waals surface area contributed by atoms with Gasteiger partial charge in [-0.05, 0) is 123 Å². The summed E-state index contributed by atoms with van der Waals surface area (Å²) in [6.45, 7) is 62.6. The zero-order valence-electron chi connectivity index (χ0n) is 47.5. The Bertz CT molecular complexity index is 1420. The molecule has 0 aliphatic heterocycles. The molecule has 0 bridgehead atoms. The first-order valence-corrected chi connectivity index (χ1v) is 24.9. The molecule has 0 amide bonds. The second-order valence-electron chi connectivity index (χ2n) is 25.6. The summed E-state index contributed by atoms with van der Waals surface area (Å²) in [6, 6.07) is 0. The van der Waals surface area contributed by atoms with Crippen LogP contribution in [0.5, 0.6) is 0 Å². The third kappa shape index (κ3) is 50.3. The van der Waals surface area contributed by atoms with E-state index in [1.165, 1.54) is 50.7 Å². The minimum atomic E-state index is -0.413. The molecule has 0 heterocycles. The van der Waals surface area contributed by atoms with Crippen LogP contribution < -0.4 is 0 Å². The Kier molecular flexibility index (Phi) is 35.1. The molecule has 0 aromatic heterocycles. The summed E-state index contributed by atoms with van der Waals surface area (Å²) in [5.41, 5.74) is 1.88. The van der Waals surface area contributed by atoms with E-state index in [0.717, 1.165) is 32.1 Å². The van der Waals surface area contributed by atoms with E-state index < -0.39 is 5.60 Å². The molecular formula is C58H108O8. The Labute approximate surface area is 409 Å². The van der Waals surface area contributed by atoms with E-state index in [2.05, 4.69) is 151 Å². The van der Waals surface area contributed by atoms with Gasteiger partial charge in [0.1, 0.15) is 5.60 Å². The van der Waals surface area contributed by atoms with Gasteiger partial charge >= 0.3 is 23.9 Å². The number of unbranched alkanes of at least 4 members (excludes halogenated alkanes) is 2. The number of carbonyl (C=O) groups excluding carboxylic acids is 4. The smallest absolute Gasteiger partial charge is 0.333 e. The van der Waals surface area contributed by atoms with Gasteiger partial charge in [0, 0.05) is 23.3 Å². The number of hydrogen-bond acceptors (Lipinski definition) is 8. The fourth-order valence-corrected chi connectivity index (χ4v) is 7.63. The van der Waals surface area contributed by atoms with Gasteiger partial charge in [-0.3, -0.25) is 0 Å². The monoisotopic (exact) mass is 933 g/mol. The third-order valence-corrected chi connectivity index (χ3v) is 10.3. The molecule has 8 heteroatoms. The predicted octanol–water partition coefficient (Wildman–Crippen LogP) is 16.5. The third-order valence-electron chi connectivity index (χ3n) is 10.3. The Balaban J connectivity index is -0.000000403. The number of ether oxygens (including phenoxy) is 4. The van der Waals surface area contributed by atoms with Crippen LogP contribution in [0.4, 0.5) is 0 Å². The Morgan fingerprint density at radius 3 is 1.44 bits per heavy atom. The number of esters is 4. The molecule has 0 fully saturated rings. The minimum Gasteiger partial charge on any atom is -0.463 e. The van der Waals surface area contributed by atoms with E-state index in [4.69, 9.17) is 18.9 Å². The summed E-state index contributed by atoms with van der Waals surface area (Å²) < 4.78 is 20.7. The van der Waals surface area contributed by atoms with E-state index in [1.807, 2.05) is 13.8 Å². The second kappa shape index (κ2) is 33.4. The summed E-state index contributed by atoms with van der Waals surface area (Å²) in [5, 5.41) is 0. The van der Waals surface area contributed by atoms with Crippen LogP contribution in [0.1, 0.15) is 223 Å². The molecule has 8 nitrogen and oxygen atoms in total. The van der Waals surface area contributed by atoms with E-state index in [0.29, 0.717) is 70.9 Å². The normalized spacial score (nSPS) is 13.4. The highest BCUT2D eigenvalue weighted by Crippen LogP contribution is 2.33. The quantitative estimate of drug-likeness (QED) is 0.0408. The van der Waals surface area contributed by atoms with Crippen molar-refractivity contribution in [3.8, 4) is 0 Å². The zero-order valence-corrected chi connectivity index (χ0v) is 47.5. The van der Waals surface area contributed by atoms with E-state index in [9.17, 15) is 19.2 Å². The van der Waals surface area contributed by atoms with Crippen LogP contribution in [-0.4, -0.2) is 49.3 Å². The Morgan fingerprint density at radius 2 is 1.03 bits per heavy atom. The molecule has 0 saturated heterocycles. The topological polar surface area (TPSA) is 105 Å². The predicted molar refractivity (Wildman–Crippen MR) is 282 cm³/mol. The molecule has 0 aliphatic carbocycles. The highest BCUT2D eigenvalue weighted by atomic mass is 16.6. The summed E-state index contributed by atoms with van der Waals surface area (Å²) >= 11 is 0. The van der Waals surface area contributed by atoms with Crippen LogP contribution >= 0.6 is 0 Å². The summed E-state index contributed by atoms with van der Waals surface area (Å²) in [6.07, 6.45) is 15.0. The van der Waals surface area contributed by atoms with Crippen LogP contribution in [0, 0.1) is 50.7 Å². The maximum absolute atomic E-state index is 11.7. The lowest BCUT2D eigenvalue weighted by Gasteiger charge is -2.31. The highest BCUT2D eigenvalue weighted by molar-refractivity contribution is 5.87. The Morgan fingerprint density at radius 1 is 0.545 bits per heavy atom. The van der Waals surface area contributed by atoms with Gasteiger partial charge in [-0.2, -0.15) is 0 Å². The van der Waals surface area contributed by atoms with E-state index in [-0.39, 0.29) is 34.7 Å². The first-order valence-electron chi connectivity index (χ1n) is 24.9. The fraction of sp³-hybridized carbons (Fsp3) is 0.793. The molecule has 3 unspecified atom stereocenters. The molecule has 0 spiro atoms. The molecule has 0 radical (unpaired) electrons. The van der Waals surface area contributed by atoms with Crippen molar-refractivity contribution >= 4 is 23.9 Å². The van der Waals surface area contributed by atoms with Crippen molar-refractivity contribution in [1.82, 2.24) is 0 Å². The van der Waals surface area contributed by atoms with Gasteiger partial charge in [0.2, 0.25) is 0 Å². The van der Waals surface area contributed by atoms with E-state index >= 15 is 0 Å². The van der Waals surface area contributed by atoms with Crippen molar-refractivity contribution in [3.63, 3.8) is 0 Å². The first kappa shape index (κ1) is 69.4. The summed E-state index contributed by atoms with van der Waals surface area (Å²) in [5.74, 6) is 1.02. The molecular weight excluding hydrogens is 825 g/mol. The maximum atomic E-state index is 11.7. The van der Waals surface area contributed by atoms with Gasteiger partial charge in [-0.15, -0.1) is 0 Å². The lowest BCUT2D eigenvalue weighted by molar-refractivity contribution is -0.152. The summed E-state index contributed by atoms with van der Waals surface area (Å²) in [7, 11) is 0. The van der Waals surface area contributed by atoms with Crippen LogP contribution in [0.2, 0.25) is 0 Å². The zero-order chi connectivity index (χ0) is 52.9. The molecule has 0 saturated carbocycles. The fourth-order valence-electron chi connectivity index (χ4n) is 7.63. The van der Waals surface area contributed by atoms with Gasteiger partial charge in [0.15, 0.2) is 0 Å². The molecule has 0 aromatic rings. The van der Waals surface area contributed by atoms with Crippen molar-refractivity contribution in [1.29, 1.82) is 0 Å². The molecule has 0 aliphatic rings. The number of hydrogen-bond donors (Lipinski definition) is 0. The van der Waals surface area contributed by atoms with Crippen molar-refractivity contribution in [2.75, 3.05) is 19.8 Å². The van der Waals surface area contributed by atoms with E-state index in [1.54, 1.807) is 13.8 Å². The average Bonchev–Trinajstić information content (AvgIpc) is 3.11. The minimum absolute atomic E-state index is 0.0548. The number of rotatable bonds is 24. The van der Waals surface area contributed by atoms with Crippen molar-refractivity contribution in [2.45, 2.75) is 229 Å². The lowest BCUT2D eigenvalue weighted by Crippen LogP contribution is -2.32. The van der Waals surface area contributed by atoms with Gasteiger partial charge < -0.3 is 18.9 Å². The van der Waals surface area contributed by atoms with Gasteiger partial charge in [-0.1, -0.05) is 177 Å². The first-order chi connectivity index (χ1) is 29.6. The largest absolute Gasteiger partial charge is 0.463 e. The lowest BCUT2D eigenvalue weighted by atomic mass is 9.78. The van der Waals surface area contributed by atoms with Crippen molar-refractivity contribution in [2.24, 2.45) is 50.7 Å².